The van der Waals surface area contributed by atoms with Crippen molar-refractivity contribution in [3.05, 3.63) is 36.2 Å². The molecule has 1 aromatic carbocycles. The molecule has 0 fully saturated rings. The topological polar surface area (TPSA) is 80.2 Å². The first-order valence-corrected chi connectivity index (χ1v) is 8.09. The molecule has 1 atom stereocenters. The Bertz CT molecular complexity index is 665. The zero-order valence-electron chi connectivity index (χ0n) is 10.7. The Kier molecular flexibility index (Phi) is 4.11. The molecular weight excluding hydrogens is 264 g/mol. The number of sulfone groups is 1. The van der Waals surface area contributed by atoms with E-state index in [0.29, 0.717) is 23.9 Å². The van der Waals surface area contributed by atoms with Gasteiger partial charge < -0.3 is 5.11 Å². The van der Waals surface area contributed by atoms with Gasteiger partial charge in [0.05, 0.1) is 17.1 Å². The molecule has 0 bridgehead atoms. The van der Waals surface area contributed by atoms with E-state index in [-0.39, 0.29) is 5.75 Å². The number of rotatable bonds is 5. The number of nitrogens with zero attached hydrogens (tertiary/aromatic N) is 2. The lowest BCUT2D eigenvalue weighted by Gasteiger charge is -2.12. The molecule has 0 aliphatic heterocycles. The fourth-order valence-electron chi connectivity index (χ4n) is 1.98. The van der Waals surface area contributed by atoms with Gasteiger partial charge in [-0.3, -0.25) is 9.97 Å². The average molecular weight is 280 g/mol. The number of hydrogen-bond acceptors (Lipinski definition) is 5. The van der Waals surface area contributed by atoms with Gasteiger partial charge in [-0.05, 0) is 18.9 Å². The minimum Gasteiger partial charge on any atom is -0.388 e. The molecule has 0 saturated carbocycles. The van der Waals surface area contributed by atoms with Crippen LogP contribution >= 0.6 is 0 Å². The van der Waals surface area contributed by atoms with Gasteiger partial charge in [-0.15, -0.1) is 0 Å². The van der Waals surface area contributed by atoms with Crippen LogP contribution in [0.25, 0.3) is 11.0 Å². The summed E-state index contributed by atoms with van der Waals surface area (Å²) in [6.07, 6.45) is 4.47. The van der Waals surface area contributed by atoms with E-state index in [1.54, 1.807) is 18.5 Å². The predicted octanol–water partition coefficient (Wildman–Crippen LogP) is 1.49. The van der Waals surface area contributed by atoms with Crippen molar-refractivity contribution in [3.8, 4) is 0 Å². The first-order chi connectivity index (χ1) is 8.97. The van der Waals surface area contributed by atoms with Gasteiger partial charge in [-0.2, -0.15) is 0 Å². The van der Waals surface area contributed by atoms with Crippen LogP contribution in [0.3, 0.4) is 0 Å². The van der Waals surface area contributed by atoms with Crippen LogP contribution in [0.5, 0.6) is 0 Å². The first kappa shape index (κ1) is 13.9. The molecule has 0 amide bonds. The molecule has 5 nitrogen and oxygen atoms in total. The summed E-state index contributed by atoms with van der Waals surface area (Å²) >= 11 is 0. The molecule has 102 valence electrons. The lowest BCUT2D eigenvalue weighted by molar-refractivity contribution is 0.168. The Morgan fingerprint density at radius 2 is 2.00 bits per heavy atom. The maximum absolute atomic E-state index is 11.1. The number of aliphatic hydroxyl groups excluding tert-OH is 1. The molecule has 2 rings (SSSR count). The number of fused-ring (bicyclic) bond motifs is 1. The van der Waals surface area contributed by atoms with Gasteiger partial charge in [0.2, 0.25) is 0 Å². The normalized spacial score (nSPS) is 13.6. The minimum absolute atomic E-state index is 0.0838. The van der Waals surface area contributed by atoms with Crippen molar-refractivity contribution in [1.82, 2.24) is 9.97 Å². The molecule has 0 aliphatic carbocycles. The van der Waals surface area contributed by atoms with Gasteiger partial charge >= 0.3 is 0 Å². The van der Waals surface area contributed by atoms with Crippen LogP contribution in [0.4, 0.5) is 0 Å². The fourth-order valence-corrected chi connectivity index (χ4v) is 2.67. The second kappa shape index (κ2) is 5.63. The van der Waals surface area contributed by atoms with Crippen molar-refractivity contribution in [1.29, 1.82) is 0 Å². The molecule has 1 N–H and O–H groups in total. The van der Waals surface area contributed by atoms with Crippen molar-refractivity contribution in [3.63, 3.8) is 0 Å². The molecule has 0 aliphatic rings. The molecule has 2 aromatic rings. The van der Waals surface area contributed by atoms with Crippen LogP contribution in [0.2, 0.25) is 0 Å². The molecule has 0 saturated heterocycles. The highest BCUT2D eigenvalue weighted by molar-refractivity contribution is 7.90. The third-order valence-corrected chi connectivity index (χ3v) is 3.91. The number of benzene rings is 1. The van der Waals surface area contributed by atoms with Crippen molar-refractivity contribution < 1.29 is 13.5 Å². The summed E-state index contributed by atoms with van der Waals surface area (Å²) in [6.45, 7) is 0. The van der Waals surface area contributed by atoms with Crippen LogP contribution in [0, 0.1) is 0 Å². The number of hydrogen-bond donors (Lipinski definition) is 1. The zero-order valence-corrected chi connectivity index (χ0v) is 11.5. The van der Waals surface area contributed by atoms with Crippen molar-refractivity contribution in [2.45, 2.75) is 18.9 Å². The lowest BCUT2D eigenvalue weighted by Crippen LogP contribution is -2.06. The highest BCUT2D eigenvalue weighted by Crippen LogP contribution is 2.24. The summed E-state index contributed by atoms with van der Waals surface area (Å²) in [5.41, 5.74) is 2.08. The van der Waals surface area contributed by atoms with E-state index in [1.165, 1.54) is 6.26 Å². The van der Waals surface area contributed by atoms with E-state index in [0.717, 1.165) is 5.52 Å². The SMILES string of the molecule is CS(=O)(=O)CCCC(O)c1cccc2nccnc12. The van der Waals surface area contributed by atoms with E-state index in [9.17, 15) is 13.5 Å². The fraction of sp³-hybridized carbons (Fsp3) is 0.385. The number of para-hydroxylation sites is 1. The number of aliphatic hydroxyl groups is 1. The minimum atomic E-state index is -2.98. The summed E-state index contributed by atoms with van der Waals surface area (Å²) in [7, 11) is -2.98. The van der Waals surface area contributed by atoms with E-state index in [1.807, 2.05) is 12.1 Å². The Labute approximate surface area is 112 Å². The van der Waals surface area contributed by atoms with Crippen LogP contribution in [-0.2, 0) is 9.84 Å². The summed E-state index contributed by atoms with van der Waals surface area (Å²) in [5.74, 6) is 0.0838. The predicted molar refractivity (Wildman–Crippen MR) is 73.4 cm³/mol. The van der Waals surface area contributed by atoms with Crippen LogP contribution < -0.4 is 0 Å². The molecular formula is C13H16N2O3S. The van der Waals surface area contributed by atoms with Gasteiger partial charge in [-0.25, -0.2) is 8.42 Å². The largest absolute Gasteiger partial charge is 0.388 e. The van der Waals surface area contributed by atoms with Gasteiger partial charge in [0, 0.05) is 30.0 Å². The third kappa shape index (κ3) is 3.71. The maximum Gasteiger partial charge on any atom is 0.147 e. The molecule has 0 spiro atoms. The van der Waals surface area contributed by atoms with Crippen molar-refractivity contribution >= 4 is 20.9 Å². The Morgan fingerprint density at radius 1 is 1.26 bits per heavy atom. The average Bonchev–Trinajstić information content (AvgIpc) is 2.36. The van der Waals surface area contributed by atoms with E-state index < -0.39 is 15.9 Å². The summed E-state index contributed by atoms with van der Waals surface area (Å²) < 4.78 is 22.1. The molecule has 6 heteroatoms. The quantitative estimate of drug-likeness (QED) is 0.897. The summed E-state index contributed by atoms with van der Waals surface area (Å²) in [4.78, 5) is 8.39. The Morgan fingerprint density at radius 3 is 2.74 bits per heavy atom. The summed E-state index contributed by atoms with van der Waals surface area (Å²) in [5, 5.41) is 10.2. The third-order valence-electron chi connectivity index (χ3n) is 2.88. The second-order valence-corrected chi connectivity index (χ2v) is 6.82. The molecule has 0 radical (unpaired) electrons. The van der Waals surface area contributed by atoms with Gasteiger partial charge in [0.1, 0.15) is 9.84 Å². The summed E-state index contributed by atoms with van der Waals surface area (Å²) in [6, 6.07) is 5.43. The second-order valence-electron chi connectivity index (χ2n) is 4.56. The van der Waals surface area contributed by atoms with E-state index >= 15 is 0 Å². The first-order valence-electron chi connectivity index (χ1n) is 6.03. The molecule has 1 unspecified atom stereocenters. The Hall–Kier alpha value is -1.53. The Balaban J connectivity index is 2.15. The highest BCUT2D eigenvalue weighted by Gasteiger charge is 2.13. The zero-order chi connectivity index (χ0) is 13.9. The van der Waals surface area contributed by atoms with Crippen molar-refractivity contribution in [2.24, 2.45) is 0 Å². The van der Waals surface area contributed by atoms with E-state index in [2.05, 4.69) is 9.97 Å². The number of aromatic nitrogens is 2. The lowest BCUT2D eigenvalue weighted by atomic mass is 10.0. The van der Waals surface area contributed by atoms with Gasteiger partial charge in [0.25, 0.3) is 0 Å². The van der Waals surface area contributed by atoms with Crippen molar-refractivity contribution in [2.75, 3.05) is 12.0 Å². The van der Waals surface area contributed by atoms with Gasteiger partial charge in [-0.1, -0.05) is 12.1 Å². The van der Waals surface area contributed by atoms with Crippen LogP contribution in [0.15, 0.2) is 30.6 Å². The molecule has 1 aromatic heterocycles. The maximum atomic E-state index is 11.1. The van der Waals surface area contributed by atoms with Crippen LogP contribution in [-0.4, -0.2) is 35.5 Å². The van der Waals surface area contributed by atoms with Crippen LogP contribution in [0.1, 0.15) is 24.5 Å². The van der Waals surface area contributed by atoms with E-state index in [4.69, 9.17) is 0 Å². The monoisotopic (exact) mass is 280 g/mol. The standard InChI is InChI=1S/C13H16N2O3S/c1-19(17,18)9-3-6-12(16)10-4-2-5-11-13(10)15-8-7-14-11/h2,4-5,7-8,12,16H,3,6,9H2,1H3. The smallest absolute Gasteiger partial charge is 0.147 e. The molecule has 19 heavy (non-hydrogen) atoms. The highest BCUT2D eigenvalue weighted by atomic mass is 32.2. The molecule has 1 heterocycles. The van der Waals surface area contributed by atoms with Gasteiger partial charge in [0.15, 0.2) is 0 Å².